The summed E-state index contributed by atoms with van der Waals surface area (Å²) in [7, 11) is 0. The number of ether oxygens (including phenoxy) is 1. The van der Waals surface area contributed by atoms with Gasteiger partial charge in [0, 0.05) is 18.6 Å². The van der Waals surface area contributed by atoms with Gasteiger partial charge in [0.25, 0.3) is 0 Å². The molecule has 0 heterocycles. The topological polar surface area (TPSA) is 70.6 Å². The number of alkyl carbamates (subject to hydrolysis) is 1. The molecule has 0 aliphatic heterocycles. The van der Waals surface area contributed by atoms with Crippen LogP contribution in [0.25, 0.3) is 0 Å². The lowest BCUT2D eigenvalue weighted by atomic mass is 9.86. The summed E-state index contributed by atoms with van der Waals surface area (Å²) in [5, 5.41) is 16.2. The minimum atomic E-state index is -0.366. The van der Waals surface area contributed by atoms with E-state index >= 15 is 0 Å². The van der Waals surface area contributed by atoms with Crippen LogP contribution in [0, 0.1) is 5.41 Å². The molecule has 1 aromatic carbocycles. The van der Waals surface area contributed by atoms with Crippen molar-refractivity contribution in [1.82, 2.24) is 10.6 Å². The Morgan fingerprint density at radius 1 is 1.25 bits per heavy atom. The molecular formula is C19H30N2O3. The van der Waals surface area contributed by atoms with Gasteiger partial charge in [0.15, 0.2) is 0 Å². The fraction of sp³-hybridized carbons (Fsp3) is 0.632. The highest BCUT2D eigenvalue weighted by Gasteiger charge is 2.31. The second-order valence-corrected chi connectivity index (χ2v) is 7.90. The molecule has 134 valence electrons. The van der Waals surface area contributed by atoms with Crippen molar-refractivity contribution in [3.8, 4) is 0 Å². The summed E-state index contributed by atoms with van der Waals surface area (Å²) in [5.74, 6) is 0. The average molecular weight is 334 g/mol. The largest absolute Gasteiger partial charge is 0.445 e. The van der Waals surface area contributed by atoms with Crippen molar-refractivity contribution in [2.24, 2.45) is 5.41 Å². The third-order valence-electron chi connectivity index (χ3n) is 4.16. The van der Waals surface area contributed by atoms with Crippen LogP contribution >= 0.6 is 0 Å². The van der Waals surface area contributed by atoms with Gasteiger partial charge in [-0.15, -0.1) is 0 Å². The number of hydrogen-bond donors (Lipinski definition) is 3. The molecule has 1 atom stereocenters. The second-order valence-electron chi connectivity index (χ2n) is 7.90. The monoisotopic (exact) mass is 334 g/mol. The lowest BCUT2D eigenvalue weighted by molar-refractivity contribution is 0.103. The molecule has 5 heteroatoms. The Hall–Kier alpha value is -1.59. The molecule has 24 heavy (non-hydrogen) atoms. The van der Waals surface area contributed by atoms with E-state index < -0.39 is 0 Å². The summed E-state index contributed by atoms with van der Waals surface area (Å²) in [5.41, 5.74) is 1.11. The van der Waals surface area contributed by atoms with Crippen LogP contribution < -0.4 is 10.6 Å². The molecule has 1 amide bonds. The Bertz CT molecular complexity index is 507. The summed E-state index contributed by atoms with van der Waals surface area (Å²) < 4.78 is 5.21. The number of rotatable bonds is 7. The summed E-state index contributed by atoms with van der Waals surface area (Å²) in [6.45, 7) is 7.27. The Labute approximate surface area is 144 Å². The quantitative estimate of drug-likeness (QED) is 0.717. The number of aliphatic hydroxyl groups excluding tert-OH is 1. The summed E-state index contributed by atoms with van der Waals surface area (Å²) in [6.07, 6.45) is 1.84. The standard InChI is InChI=1S/C19H30N2O3/c1-19(2,3)11-17(22)12-20-15-9-16(10-15)21-18(23)24-13-14-7-5-4-6-8-14/h4-8,15-17,20,22H,9-13H2,1-3H3,(H,21,23). The molecule has 1 aromatic rings. The average Bonchev–Trinajstić information content (AvgIpc) is 2.46. The maximum atomic E-state index is 11.8. The summed E-state index contributed by atoms with van der Waals surface area (Å²) in [6, 6.07) is 10.2. The third kappa shape index (κ3) is 6.89. The molecular weight excluding hydrogens is 304 g/mol. The molecule has 5 nitrogen and oxygen atoms in total. The zero-order chi connectivity index (χ0) is 17.6. The maximum absolute atomic E-state index is 11.8. The fourth-order valence-electron chi connectivity index (χ4n) is 2.92. The zero-order valence-corrected chi connectivity index (χ0v) is 14.9. The van der Waals surface area contributed by atoms with Gasteiger partial charge in [-0.25, -0.2) is 4.79 Å². The predicted octanol–water partition coefficient (Wildman–Crippen LogP) is 2.83. The third-order valence-corrected chi connectivity index (χ3v) is 4.16. The van der Waals surface area contributed by atoms with E-state index in [1.165, 1.54) is 0 Å². The summed E-state index contributed by atoms with van der Waals surface area (Å²) >= 11 is 0. The van der Waals surface area contributed by atoms with E-state index in [0.717, 1.165) is 24.8 Å². The number of carbonyl (C=O) groups is 1. The molecule has 1 unspecified atom stereocenters. The van der Waals surface area contributed by atoms with E-state index in [0.29, 0.717) is 19.2 Å². The van der Waals surface area contributed by atoms with Gasteiger partial charge in [0.2, 0.25) is 0 Å². The normalized spacial score (nSPS) is 21.7. The maximum Gasteiger partial charge on any atom is 0.407 e. The van der Waals surface area contributed by atoms with E-state index in [9.17, 15) is 9.90 Å². The van der Waals surface area contributed by atoms with E-state index in [-0.39, 0.29) is 23.7 Å². The molecule has 2 rings (SSSR count). The molecule has 1 aliphatic rings. The molecule has 1 saturated carbocycles. The van der Waals surface area contributed by atoms with Gasteiger partial charge in [-0.05, 0) is 30.2 Å². The highest BCUT2D eigenvalue weighted by molar-refractivity contribution is 5.67. The molecule has 3 N–H and O–H groups in total. The zero-order valence-electron chi connectivity index (χ0n) is 14.9. The van der Waals surface area contributed by atoms with Crippen LogP contribution in [0.4, 0.5) is 4.79 Å². The predicted molar refractivity (Wildman–Crippen MR) is 94.7 cm³/mol. The lowest BCUT2D eigenvalue weighted by Crippen LogP contribution is -2.53. The van der Waals surface area contributed by atoms with Crippen molar-refractivity contribution in [2.75, 3.05) is 6.54 Å². The highest BCUT2D eigenvalue weighted by Crippen LogP contribution is 2.22. The van der Waals surface area contributed by atoms with Gasteiger partial charge in [0.05, 0.1) is 6.10 Å². The van der Waals surface area contributed by atoms with Crippen molar-refractivity contribution in [3.63, 3.8) is 0 Å². The number of carbonyl (C=O) groups excluding carboxylic acids is 1. The molecule has 0 bridgehead atoms. The lowest BCUT2D eigenvalue weighted by Gasteiger charge is -2.37. The SMILES string of the molecule is CC(C)(C)CC(O)CNC1CC(NC(=O)OCc2ccccc2)C1. The van der Waals surface area contributed by atoms with Gasteiger partial charge in [0.1, 0.15) is 6.61 Å². The molecule has 1 fully saturated rings. The second kappa shape index (κ2) is 8.49. The number of hydrogen-bond acceptors (Lipinski definition) is 4. The van der Waals surface area contributed by atoms with Crippen LogP contribution in [0.2, 0.25) is 0 Å². The smallest absolute Gasteiger partial charge is 0.407 e. The van der Waals surface area contributed by atoms with Crippen LogP contribution in [-0.2, 0) is 11.3 Å². The molecule has 0 radical (unpaired) electrons. The minimum Gasteiger partial charge on any atom is -0.445 e. The molecule has 0 aromatic heterocycles. The van der Waals surface area contributed by atoms with Crippen molar-refractivity contribution in [2.45, 2.75) is 64.8 Å². The van der Waals surface area contributed by atoms with E-state index in [1.807, 2.05) is 30.3 Å². The van der Waals surface area contributed by atoms with E-state index in [4.69, 9.17) is 4.74 Å². The van der Waals surface area contributed by atoms with Crippen LogP contribution in [0.5, 0.6) is 0 Å². The Balaban J connectivity index is 1.55. The van der Waals surface area contributed by atoms with Crippen molar-refractivity contribution in [1.29, 1.82) is 0 Å². The first-order valence-corrected chi connectivity index (χ1v) is 8.70. The number of aliphatic hydroxyl groups is 1. The van der Waals surface area contributed by atoms with Crippen LogP contribution in [0.1, 0.15) is 45.6 Å². The van der Waals surface area contributed by atoms with E-state index in [2.05, 4.69) is 31.4 Å². The summed E-state index contributed by atoms with van der Waals surface area (Å²) in [4.78, 5) is 11.8. The van der Waals surface area contributed by atoms with Crippen LogP contribution in [0.3, 0.4) is 0 Å². The van der Waals surface area contributed by atoms with Crippen molar-refractivity contribution >= 4 is 6.09 Å². The first-order chi connectivity index (χ1) is 11.3. The van der Waals surface area contributed by atoms with E-state index in [1.54, 1.807) is 0 Å². The number of benzene rings is 1. The Morgan fingerprint density at radius 3 is 2.54 bits per heavy atom. The number of amides is 1. The van der Waals surface area contributed by atoms with Gasteiger partial charge >= 0.3 is 6.09 Å². The van der Waals surface area contributed by atoms with Gasteiger partial charge in [-0.3, -0.25) is 0 Å². The molecule has 0 spiro atoms. The van der Waals surface area contributed by atoms with Gasteiger partial charge in [-0.1, -0.05) is 51.1 Å². The van der Waals surface area contributed by atoms with Crippen LogP contribution in [-0.4, -0.2) is 35.9 Å². The Morgan fingerprint density at radius 2 is 1.92 bits per heavy atom. The van der Waals surface area contributed by atoms with Crippen molar-refractivity contribution < 1.29 is 14.6 Å². The van der Waals surface area contributed by atoms with Gasteiger partial charge < -0.3 is 20.5 Å². The van der Waals surface area contributed by atoms with Gasteiger partial charge in [-0.2, -0.15) is 0 Å². The van der Waals surface area contributed by atoms with Crippen LogP contribution in [0.15, 0.2) is 30.3 Å². The first kappa shape index (κ1) is 18.7. The number of nitrogens with one attached hydrogen (secondary N) is 2. The first-order valence-electron chi connectivity index (χ1n) is 8.70. The molecule has 1 aliphatic carbocycles. The minimum absolute atomic E-state index is 0.132. The Kier molecular flexibility index (Phi) is 6.63. The highest BCUT2D eigenvalue weighted by atomic mass is 16.5. The fourth-order valence-corrected chi connectivity index (χ4v) is 2.92. The molecule has 0 saturated heterocycles. The van der Waals surface area contributed by atoms with Crippen molar-refractivity contribution in [3.05, 3.63) is 35.9 Å².